The second-order valence-corrected chi connectivity index (χ2v) is 5.28. The fourth-order valence-corrected chi connectivity index (χ4v) is 2.79. The van der Waals surface area contributed by atoms with Gasteiger partial charge in [-0.05, 0) is 56.0 Å². The SMILES string of the molecule is COc1cc(CC2CCCNC2)c(OC)c(C(F)(F)F)c1. The molecule has 1 N–H and O–H groups in total. The lowest BCUT2D eigenvalue weighted by Crippen LogP contribution is -2.31. The molecule has 1 aromatic rings. The van der Waals surface area contributed by atoms with Crippen molar-refractivity contribution in [1.29, 1.82) is 0 Å². The van der Waals surface area contributed by atoms with Crippen LogP contribution in [0.2, 0.25) is 0 Å². The van der Waals surface area contributed by atoms with Crippen LogP contribution in [0.25, 0.3) is 0 Å². The Kier molecular flexibility index (Phi) is 4.98. The van der Waals surface area contributed by atoms with E-state index in [4.69, 9.17) is 9.47 Å². The van der Waals surface area contributed by atoms with Crippen molar-refractivity contribution in [2.24, 2.45) is 5.92 Å². The van der Waals surface area contributed by atoms with Crippen molar-refractivity contribution in [3.05, 3.63) is 23.3 Å². The number of hydrogen-bond acceptors (Lipinski definition) is 3. The van der Waals surface area contributed by atoms with Crippen LogP contribution in [0.3, 0.4) is 0 Å². The number of piperidine rings is 1. The number of rotatable bonds is 4. The van der Waals surface area contributed by atoms with E-state index in [2.05, 4.69) is 5.32 Å². The van der Waals surface area contributed by atoms with Crippen molar-refractivity contribution < 1.29 is 22.6 Å². The highest BCUT2D eigenvalue weighted by Crippen LogP contribution is 2.41. The molecule has 1 aliphatic heterocycles. The van der Waals surface area contributed by atoms with Crippen LogP contribution in [0.5, 0.6) is 11.5 Å². The summed E-state index contributed by atoms with van der Waals surface area (Å²) in [5, 5.41) is 3.27. The van der Waals surface area contributed by atoms with Gasteiger partial charge in [-0.2, -0.15) is 13.2 Å². The predicted octanol–water partition coefficient (Wildman–Crippen LogP) is 3.26. The molecule has 0 aromatic heterocycles. The summed E-state index contributed by atoms with van der Waals surface area (Å²) in [7, 11) is 2.65. The number of nitrogens with one attached hydrogen (secondary N) is 1. The number of hydrogen-bond donors (Lipinski definition) is 1. The minimum absolute atomic E-state index is 0.0890. The first-order chi connectivity index (χ1) is 9.95. The molecule has 2 rings (SSSR count). The van der Waals surface area contributed by atoms with Gasteiger partial charge in [0.2, 0.25) is 0 Å². The van der Waals surface area contributed by atoms with E-state index in [1.165, 1.54) is 14.2 Å². The van der Waals surface area contributed by atoms with Crippen LogP contribution in [0.1, 0.15) is 24.0 Å². The van der Waals surface area contributed by atoms with E-state index in [1.807, 2.05) is 0 Å². The molecule has 1 unspecified atom stereocenters. The minimum atomic E-state index is -4.46. The topological polar surface area (TPSA) is 30.5 Å². The van der Waals surface area contributed by atoms with Crippen LogP contribution < -0.4 is 14.8 Å². The van der Waals surface area contributed by atoms with Gasteiger partial charge < -0.3 is 14.8 Å². The zero-order valence-electron chi connectivity index (χ0n) is 12.2. The molecule has 0 amide bonds. The van der Waals surface area contributed by atoms with Gasteiger partial charge in [0, 0.05) is 0 Å². The Morgan fingerprint density at radius 3 is 2.52 bits per heavy atom. The zero-order valence-corrected chi connectivity index (χ0v) is 12.2. The molecule has 6 heteroatoms. The fourth-order valence-electron chi connectivity index (χ4n) is 2.79. The molecule has 0 spiro atoms. The molecule has 1 aliphatic rings. The molecule has 3 nitrogen and oxygen atoms in total. The molecule has 1 saturated heterocycles. The summed E-state index contributed by atoms with van der Waals surface area (Å²) < 4.78 is 49.5. The quantitative estimate of drug-likeness (QED) is 0.926. The molecule has 0 bridgehead atoms. The Labute approximate surface area is 122 Å². The van der Waals surface area contributed by atoms with Gasteiger partial charge in [0.1, 0.15) is 17.1 Å². The van der Waals surface area contributed by atoms with Gasteiger partial charge in [0.25, 0.3) is 0 Å². The number of methoxy groups -OCH3 is 2. The maximum absolute atomic E-state index is 13.2. The van der Waals surface area contributed by atoms with Crippen LogP contribution in [-0.4, -0.2) is 27.3 Å². The molecule has 118 valence electrons. The van der Waals surface area contributed by atoms with Crippen molar-refractivity contribution in [3.63, 3.8) is 0 Å². The summed E-state index contributed by atoms with van der Waals surface area (Å²) in [6.45, 7) is 1.79. The normalized spacial score (nSPS) is 19.4. The average molecular weight is 303 g/mol. The third-order valence-corrected chi connectivity index (χ3v) is 3.79. The van der Waals surface area contributed by atoms with Gasteiger partial charge in [-0.15, -0.1) is 0 Å². The maximum atomic E-state index is 13.2. The van der Waals surface area contributed by atoms with Crippen molar-refractivity contribution in [2.75, 3.05) is 27.3 Å². The van der Waals surface area contributed by atoms with Gasteiger partial charge in [-0.1, -0.05) is 0 Å². The number of alkyl halides is 3. The van der Waals surface area contributed by atoms with E-state index in [0.29, 0.717) is 17.9 Å². The van der Waals surface area contributed by atoms with Crippen LogP contribution in [-0.2, 0) is 12.6 Å². The molecular formula is C15H20F3NO2. The predicted molar refractivity (Wildman–Crippen MR) is 73.8 cm³/mol. The highest BCUT2D eigenvalue weighted by molar-refractivity contribution is 5.49. The summed E-state index contributed by atoms with van der Waals surface area (Å²) in [6, 6.07) is 2.63. The molecule has 0 saturated carbocycles. The second-order valence-electron chi connectivity index (χ2n) is 5.28. The fraction of sp³-hybridized carbons (Fsp3) is 0.600. The second kappa shape index (κ2) is 6.56. The molecule has 1 fully saturated rings. The first kappa shape index (κ1) is 15.9. The van der Waals surface area contributed by atoms with Crippen LogP contribution >= 0.6 is 0 Å². The highest BCUT2D eigenvalue weighted by Gasteiger charge is 2.36. The van der Waals surface area contributed by atoms with Crippen molar-refractivity contribution in [3.8, 4) is 11.5 Å². The molecule has 0 aliphatic carbocycles. The van der Waals surface area contributed by atoms with Crippen LogP contribution in [0.4, 0.5) is 13.2 Å². The van der Waals surface area contributed by atoms with Gasteiger partial charge in [0.05, 0.1) is 14.2 Å². The number of benzene rings is 1. The third kappa shape index (κ3) is 3.81. The van der Waals surface area contributed by atoms with Crippen LogP contribution in [0.15, 0.2) is 12.1 Å². The van der Waals surface area contributed by atoms with E-state index < -0.39 is 11.7 Å². The molecule has 1 aromatic carbocycles. The Bertz CT molecular complexity index is 483. The molecule has 21 heavy (non-hydrogen) atoms. The Morgan fingerprint density at radius 1 is 1.24 bits per heavy atom. The Hall–Kier alpha value is -1.43. The lowest BCUT2D eigenvalue weighted by molar-refractivity contribution is -0.138. The molecular weight excluding hydrogens is 283 g/mol. The van der Waals surface area contributed by atoms with Crippen molar-refractivity contribution >= 4 is 0 Å². The van der Waals surface area contributed by atoms with E-state index in [9.17, 15) is 13.2 Å². The van der Waals surface area contributed by atoms with Gasteiger partial charge in [-0.3, -0.25) is 0 Å². The zero-order chi connectivity index (χ0) is 15.5. The largest absolute Gasteiger partial charge is 0.497 e. The molecule has 1 atom stereocenters. The number of halogens is 3. The Balaban J connectivity index is 2.37. The Morgan fingerprint density at radius 2 is 2.00 bits per heavy atom. The average Bonchev–Trinajstić information content (AvgIpc) is 2.46. The smallest absolute Gasteiger partial charge is 0.420 e. The first-order valence-corrected chi connectivity index (χ1v) is 6.98. The summed E-state index contributed by atoms with van der Waals surface area (Å²) in [6.07, 6.45) is -1.85. The van der Waals surface area contributed by atoms with Gasteiger partial charge in [0.15, 0.2) is 0 Å². The van der Waals surface area contributed by atoms with Gasteiger partial charge in [-0.25, -0.2) is 0 Å². The summed E-state index contributed by atoms with van der Waals surface area (Å²) in [5.41, 5.74) is -0.221. The summed E-state index contributed by atoms with van der Waals surface area (Å²) in [4.78, 5) is 0. The lowest BCUT2D eigenvalue weighted by Gasteiger charge is -2.24. The first-order valence-electron chi connectivity index (χ1n) is 6.98. The summed E-state index contributed by atoms with van der Waals surface area (Å²) in [5.74, 6) is 0.441. The van der Waals surface area contributed by atoms with E-state index >= 15 is 0 Å². The third-order valence-electron chi connectivity index (χ3n) is 3.79. The lowest BCUT2D eigenvalue weighted by atomic mass is 9.91. The monoisotopic (exact) mass is 303 g/mol. The van der Waals surface area contributed by atoms with Crippen molar-refractivity contribution in [1.82, 2.24) is 5.32 Å². The van der Waals surface area contributed by atoms with E-state index in [0.717, 1.165) is 32.0 Å². The minimum Gasteiger partial charge on any atom is -0.497 e. The number of ether oxygens (including phenoxy) is 2. The highest BCUT2D eigenvalue weighted by atomic mass is 19.4. The maximum Gasteiger partial charge on any atom is 0.420 e. The molecule has 1 heterocycles. The van der Waals surface area contributed by atoms with Crippen molar-refractivity contribution in [2.45, 2.75) is 25.4 Å². The van der Waals surface area contributed by atoms with Gasteiger partial charge >= 0.3 is 6.18 Å². The standard InChI is InChI=1S/C15H20F3NO2/c1-20-12-7-11(6-10-4-3-5-19-9-10)14(21-2)13(8-12)15(16,17)18/h7-8,10,19H,3-6,9H2,1-2H3. The van der Waals surface area contributed by atoms with Crippen LogP contribution in [0, 0.1) is 5.92 Å². The van der Waals surface area contributed by atoms with E-state index in [1.54, 1.807) is 6.07 Å². The van der Waals surface area contributed by atoms with E-state index in [-0.39, 0.29) is 11.5 Å². The molecule has 0 radical (unpaired) electrons. The summed E-state index contributed by atoms with van der Waals surface area (Å²) >= 11 is 0.